The Morgan fingerprint density at radius 1 is 1.00 bits per heavy atom. The van der Waals surface area contributed by atoms with E-state index in [1.54, 1.807) is 12.1 Å². The lowest BCUT2D eigenvalue weighted by atomic mass is 10.0. The summed E-state index contributed by atoms with van der Waals surface area (Å²) in [6.45, 7) is 1.82. The van der Waals surface area contributed by atoms with Gasteiger partial charge in [0.25, 0.3) is 0 Å². The molecule has 0 aliphatic heterocycles. The molecule has 0 saturated heterocycles. The van der Waals surface area contributed by atoms with Crippen molar-refractivity contribution in [2.45, 2.75) is 6.92 Å². The number of nitrogen functional groups attached to an aromatic ring is 1. The van der Waals surface area contributed by atoms with Gasteiger partial charge in [0.2, 0.25) is 0 Å². The van der Waals surface area contributed by atoms with Crippen LogP contribution in [0.4, 0.5) is 14.5 Å². The van der Waals surface area contributed by atoms with Gasteiger partial charge in [0, 0.05) is 16.8 Å². The van der Waals surface area contributed by atoms with Gasteiger partial charge in [-0.1, -0.05) is 12.1 Å². The number of aryl methyl sites for hydroxylation is 1. The molecule has 4 heteroatoms. The first-order chi connectivity index (χ1) is 8.49. The second-order valence-corrected chi connectivity index (χ2v) is 4.03. The summed E-state index contributed by atoms with van der Waals surface area (Å²) in [6.07, 6.45) is 0. The molecule has 2 aromatic rings. The van der Waals surface area contributed by atoms with Gasteiger partial charge in [0.05, 0.1) is 0 Å². The van der Waals surface area contributed by atoms with Crippen LogP contribution in [0.15, 0.2) is 36.4 Å². The molecule has 18 heavy (non-hydrogen) atoms. The number of hydrogen-bond donors (Lipinski definition) is 1. The minimum Gasteiger partial charge on any atom is -0.398 e. The van der Waals surface area contributed by atoms with E-state index >= 15 is 0 Å². The largest absolute Gasteiger partial charge is 0.398 e. The molecule has 0 atom stereocenters. The smallest absolute Gasteiger partial charge is 0.193 e. The van der Waals surface area contributed by atoms with Crippen molar-refractivity contribution in [1.82, 2.24) is 0 Å². The van der Waals surface area contributed by atoms with Gasteiger partial charge in [-0.3, -0.25) is 4.79 Å². The summed E-state index contributed by atoms with van der Waals surface area (Å²) in [5.41, 5.74) is 7.50. The van der Waals surface area contributed by atoms with Crippen molar-refractivity contribution in [3.63, 3.8) is 0 Å². The number of ketones is 1. The number of anilines is 1. The van der Waals surface area contributed by atoms with Crippen molar-refractivity contribution >= 4 is 11.5 Å². The summed E-state index contributed by atoms with van der Waals surface area (Å²) in [7, 11) is 0. The predicted molar refractivity (Wildman–Crippen MR) is 65.4 cm³/mol. The van der Waals surface area contributed by atoms with E-state index in [1.807, 2.05) is 6.92 Å². The zero-order valence-electron chi connectivity index (χ0n) is 9.71. The summed E-state index contributed by atoms with van der Waals surface area (Å²) < 4.78 is 25.8. The van der Waals surface area contributed by atoms with Crippen molar-refractivity contribution in [2.24, 2.45) is 0 Å². The molecule has 0 saturated carbocycles. The Labute approximate surface area is 103 Å². The monoisotopic (exact) mass is 247 g/mol. The quantitative estimate of drug-likeness (QED) is 0.654. The molecule has 0 fully saturated rings. The number of benzene rings is 2. The maximum absolute atomic E-state index is 13.0. The van der Waals surface area contributed by atoms with Gasteiger partial charge in [-0.25, -0.2) is 8.78 Å². The van der Waals surface area contributed by atoms with Gasteiger partial charge in [-0.15, -0.1) is 0 Å². The van der Waals surface area contributed by atoms with Gasteiger partial charge >= 0.3 is 0 Å². The standard InChI is InChI=1S/C14H11F2NO/c1-8-2-3-10(7-13(8)17)14(18)9-4-5-11(15)12(16)6-9/h2-7H,17H2,1H3. The number of rotatable bonds is 2. The highest BCUT2D eigenvalue weighted by Gasteiger charge is 2.12. The van der Waals surface area contributed by atoms with Crippen molar-refractivity contribution < 1.29 is 13.6 Å². The zero-order valence-corrected chi connectivity index (χ0v) is 9.71. The normalized spacial score (nSPS) is 10.4. The molecule has 0 amide bonds. The van der Waals surface area contributed by atoms with E-state index in [4.69, 9.17) is 5.73 Å². The third kappa shape index (κ3) is 2.22. The first-order valence-electron chi connectivity index (χ1n) is 5.35. The van der Waals surface area contributed by atoms with Gasteiger partial charge in [0.15, 0.2) is 17.4 Å². The van der Waals surface area contributed by atoms with Gasteiger partial charge in [-0.2, -0.15) is 0 Å². The molecule has 0 aliphatic rings. The van der Waals surface area contributed by atoms with Crippen LogP contribution in [-0.4, -0.2) is 5.78 Å². The van der Waals surface area contributed by atoms with Crippen LogP contribution >= 0.6 is 0 Å². The molecule has 2 rings (SSSR count). The van der Waals surface area contributed by atoms with Crippen LogP contribution < -0.4 is 5.73 Å². The van der Waals surface area contributed by atoms with Crippen LogP contribution in [0.3, 0.4) is 0 Å². The maximum atomic E-state index is 13.0. The van der Waals surface area contributed by atoms with E-state index in [2.05, 4.69) is 0 Å². The molecule has 0 unspecified atom stereocenters. The van der Waals surface area contributed by atoms with Crippen LogP contribution in [0.25, 0.3) is 0 Å². The summed E-state index contributed by atoms with van der Waals surface area (Å²) in [6, 6.07) is 7.90. The Kier molecular flexibility index (Phi) is 3.10. The number of halogens is 2. The minimum atomic E-state index is -1.04. The molecule has 0 radical (unpaired) electrons. The molecule has 2 N–H and O–H groups in total. The molecule has 2 nitrogen and oxygen atoms in total. The summed E-state index contributed by atoms with van der Waals surface area (Å²) in [5, 5.41) is 0. The van der Waals surface area contributed by atoms with E-state index < -0.39 is 11.6 Å². The molecular formula is C14H11F2NO. The van der Waals surface area contributed by atoms with Gasteiger partial charge in [0.1, 0.15) is 0 Å². The maximum Gasteiger partial charge on any atom is 0.193 e. The second kappa shape index (κ2) is 4.56. The van der Waals surface area contributed by atoms with Crippen molar-refractivity contribution in [1.29, 1.82) is 0 Å². The molecule has 92 valence electrons. The fraction of sp³-hybridized carbons (Fsp3) is 0.0714. The lowest BCUT2D eigenvalue weighted by Gasteiger charge is -2.05. The number of hydrogen-bond acceptors (Lipinski definition) is 2. The average molecular weight is 247 g/mol. The topological polar surface area (TPSA) is 43.1 Å². The number of nitrogens with two attached hydrogens (primary N) is 1. The second-order valence-electron chi connectivity index (χ2n) is 4.03. The summed E-state index contributed by atoms with van der Waals surface area (Å²) in [5.74, 6) is -2.41. The van der Waals surface area contributed by atoms with Crippen molar-refractivity contribution in [3.05, 3.63) is 64.7 Å². The fourth-order valence-electron chi connectivity index (χ4n) is 1.59. The fourth-order valence-corrected chi connectivity index (χ4v) is 1.59. The molecule has 0 aliphatic carbocycles. The van der Waals surface area contributed by atoms with Crippen molar-refractivity contribution in [2.75, 3.05) is 5.73 Å². The number of carbonyl (C=O) groups is 1. The molecular weight excluding hydrogens is 236 g/mol. The lowest BCUT2D eigenvalue weighted by Crippen LogP contribution is -2.04. The predicted octanol–water partition coefficient (Wildman–Crippen LogP) is 3.09. The van der Waals surface area contributed by atoms with E-state index in [1.165, 1.54) is 12.1 Å². The van der Waals surface area contributed by atoms with Crippen LogP contribution in [0, 0.1) is 18.6 Å². The molecule has 0 spiro atoms. The molecule has 0 aromatic heterocycles. The average Bonchev–Trinajstić information content (AvgIpc) is 2.35. The van der Waals surface area contributed by atoms with Gasteiger partial charge < -0.3 is 5.73 Å². The first-order valence-corrected chi connectivity index (χ1v) is 5.35. The van der Waals surface area contributed by atoms with Crippen LogP contribution in [-0.2, 0) is 0 Å². The number of carbonyl (C=O) groups excluding carboxylic acids is 1. The lowest BCUT2D eigenvalue weighted by molar-refractivity contribution is 0.103. The Morgan fingerprint density at radius 2 is 1.61 bits per heavy atom. The Hall–Kier alpha value is -2.23. The third-order valence-corrected chi connectivity index (χ3v) is 2.72. The zero-order chi connectivity index (χ0) is 13.3. The highest BCUT2D eigenvalue weighted by molar-refractivity contribution is 6.09. The van der Waals surface area contributed by atoms with Crippen LogP contribution in [0.5, 0.6) is 0 Å². The highest BCUT2D eigenvalue weighted by Crippen LogP contribution is 2.17. The SMILES string of the molecule is Cc1ccc(C(=O)c2ccc(F)c(F)c2)cc1N. The molecule has 2 aromatic carbocycles. The van der Waals surface area contributed by atoms with E-state index in [9.17, 15) is 13.6 Å². The van der Waals surface area contributed by atoms with Crippen LogP contribution in [0.2, 0.25) is 0 Å². The minimum absolute atomic E-state index is 0.0946. The summed E-state index contributed by atoms with van der Waals surface area (Å²) >= 11 is 0. The van der Waals surface area contributed by atoms with Crippen molar-refractivity contribution in [3.8, 4) is 0 Å². The third-order valence-electron chi connectivity index (χ3n) is 2.72. The van der Waals surface area contributed by atoms with E-state index in [0.29, 0.717) is 11.3 Å². The Balaban J connectivity index is 2.41. The molecule has 0 bridgehead atoms. The first kappa shape index (κ1) is 12.2. The molecule has 0 heterocycles. The van der Waals surface area contributed by atoms with E-state index in [0.717, 1.165) is 17.7 Å². The Bertz CT molecular complexity index is 570. The summed E-state index contributed by atoms with van der Waals surface area (Å²) in [4.78, 5) is 12.0. The van der Waals surface area contributed by atoms with Crippen LogP contribution in [0.1, 0.15) is 21.5 Å². The van der Waals surface area contributed by atoms with Gasteiger partial charge in [-0.05, 0) is 36.8 Å². The Morgan fingerprint density at radius 3 is 2.22 bits per heavy atom. The highest BCUT2D eigenvalue weighted by atomic mass is 19.2. The van der Waals surface area contributed by atoms with E-state index in [-0.39, 0.29) is 11.3 Å².